The Balaban J connectivity index is 1.82. The van der Waals surface area contributed by atoms with E-state index in [1.807, 2.05) is 20.8 Å². The molecule has 4 heteroatoms. The van der Waals surface area contributed by atoms with Gasteiger partial charge in [0.1, 0.15) is 11.7 Å². The van der Waals surface area contributed by atoms with E-state index in [4.69, 9.17) is 9.47 Å². The molecule has 19 heavy (non-hydrogen) atoms. The van der Waals surface area contributed by atoms with Gasteiger partial charge in [-0.2, -0.15) is 0 Å². The van der Waals surface area contributed by atoms with E-state index in [0.717, 1.165) is 25.7 Å². The number of carbonyl (C=O) groups excluding carboxylic acids is 2. The maximum Gasteiger partial charge on any atom is 0.312 e. The lowest BCUT2D eigenvalue weighted by Crippen LogP contribution is -2.54. The molecule has 3 bridgehead atoms. The number of hydrogen-bond donors (Lipinski definition) is 0. The summed E-state index contributed by atoms with van der Waals surface area (Å²) in [4.78, 5) is 24.1. The third-order valence-corrected chi connectivity index (χ3v) is 5.30. The monoisotopic (exact) mass is 266 g/mol. The molecule has 4 nitrogen and oxygen atoms in total. The van der Waals surface area contributed by atoms with Gasteiger partial charge in [-0.15, -0.1) is 0 Å². The lowest BCUT2D eigenvalue weighted by Gasteiger charge is -2.44. The third-order valence-electron chi connectivity index (χ3n) is 5.30. The molecule has 1 aliphatic heterocycles. The lowest BCUT2D eigenvalue weighted by atomic mass is 9.76. The van der Waals surface area contributed by atoms with Gasteiger partial charge in [0.25, 0.3) is 0 Å². The van der Waals surface area contributed by atoms with Gasteiger partial charge in [-0.05, 0) is 45.4 Å². The molecule has 106 valence electrons. The maximum absolute atomic E-state index is 12.3. The quantitative estimate of drug-likeness (QED) is 0.736. The summed E-state index contributed by atoms with van der Waals surface area (Å²) in [5.74, 6) is 0.177. The van der Waals surface area contributed by atoms with Crippen LogP contribution < -0.4 is 0 Å². The Morgan fingerprint density at radius 2 is 2.16 bits per heavy atom. The first kappa shape index (κ1) is 12.9. The molecule has 0 aromatic carbocycles. The van der Waals surface area contributed by atoms with Gasteiger partial charge in [0, 0.05) is 6.42 Å². The van der Waals surface area contributed by atoms with Crippen molar-refractivity contribution in [1.82, 2.24) is 0 Å². The van der Waals surface area contributed by atoms with Crippen molar-refractivity contribution in [2.75, 3.05) is 0 Å². The fourth-order valence-electron chi connectivity index (χ4n) is 3.71. The number of fused-ring (bicyclic) bond motifs is 2. The smallest absolute Gasteiger partial charge is 0.312 e. The molecule has 3 aliphatic rings. The Labute approximate surface area is 113 Å². The van der Waals surface area contributed by atoms with Crippen molar-refractivity contribution in [3.8, 4) is 0 Å². The molecule has 0 spiro atoms. The molecule has 0 aromatic heterocycles. The van der Waals surface area contributed by atoms with Gasteiger partial charge in [-0.25, -0.2) is 0 Å². The largest absolute Gasteiger partial charge is 0.458 e. The molecule has 2 saturated carbocycles. The van der Waals surface area contributed by atoms with Crippen molar-refractivity contribution in [2.45, 2.75) is 64.6 Å². The summed E-state index contributed by atoms with van der Waals surface area (Å²) >= 11 is 0. The first-order valence-corrected chi connectivity index (χ1v) is 7.30. The highest BCUT2D eigenvalue weighted by Gasteiger charge is 2.62. The molecule has 1 heterocycles. The molecule has 0 radical (unpaired) electrons. The second-order valence-corrected chi connectivity index (χ2v) is 7.06. The van der Waals surface area contributed by atoms with E-state index in [1.165, 1.54) is 0 Å². The molecule has 4 atom stereocenters. The topological polar surface area (TPSA) is 52.6 Å². The standard InChI is InChI=1S/C15H22O4/c1-4-14(2,3)13(17)19-15-7-9-5-10(8-15)12(16)18-11(15)6-9/h9-11H,4-8H2,1-3H3. The Kier molecular flexibility index (Phi) is 2.70. The highest BCUT2D eigenvalue weighted by atomic mass is 16.6. The van der Waals surface area contributed by atoms with Crippen molar-refractivity contribution >= 4 is 11.9 Å². The number of carbonyl (C=O) groups is 2. The van der Waals surface area contributed by atoms with Crippen LogP contribution in [0.15, 0.2) is 0 Å². The van der Waals surface area contributed by atoms with E-state index in [-0.39, 0.29) is 24.0 Å². The van der Waals surface area contributed by atoms with E-state index >= 15 is 0 Å². The van der Waals surface area contributed by atoms with Gasteiger partial charge in [0.05, 0.1) is 11.3 Å². The van der Waals surface area contributed by atoms with E-state index in [9.17, 15) is 9.59 Å². The fraction of sp³-hybridized carbons (Fsp3) is 0.867. The van der Waals surface area contributed by atoms with Crippen LogP contribution in [0, 0.1) is 17.3 Å². The highest BCUT2D eigenvalue weighted by Crippen LogP contribution is 2.55. The van der Waals surface area contributed by atoms with Gasteiger partial charge in [0.2, 0.25) is 0 Å². The molecule has 0 aromatic rings. The number of ether oxygens (including phenoxy) is 2. The molecule has 0 N–H and O–H groups in total. The summed E-state index contributed by atoms with van der Waals surface area (Å²) in [6, 6.07) is 0. The Morgan fingerprint density at radius 3 is 2.84 bits per heavy atom. The predicted molar refractivity (Wildman–Crippen MR) is 68.2 cm³/mol. The number of esters is 2. The maximum atomic E-state index is 12.3. The lowest BCUT2D eigenvalue weighted by molar-refractivity contribution is -0.209. The number of hydrogen-bond acceptors (Lipinski definition) is 4. The van der Waals surface area contributed by atoms with E-state index in [0.29, 0.717) is 12.3 Å². The zero-order chi connectivity index (χ0) is 13.8. The van der Waals surface area contributed by atoms with Gasteiger partial charge < -0.3 is 9.47 Å². The molecular formula is C15H22O4. The second-order valence-electron chi connectivity index (χ2n) is 7.06. The molecule has 0 amide bonds. The van der Waals surface area contributed by atoms with Crippen molar-refractivity contribution in [3.63, 3.8) is 0 Å². The van der Waals surface area contributed by atoms with Crippen LogP contribution in [0.5, 0.6) is 0 Å². The van der Waals surface area contributed by atoms with Crippen LogP contribution in [0.4, 0.5) is 0 Å². The van der Waals surface area contributed by atoms with Crippen molar-refractivity contribution in [3.05, 3.63) is 0 Å². The molecule has 4 unspecified atom stereocenters. The van der Waals surface area contributed by atoms with Crippen molar-refractivity contribution < 1.29 is 19.1 Å². The second kappa shape index (κ2) is 3.97. The van der Waals surface area contributed by atoms with Crippen LogP contribution in [0.1, 0.15) is 52.9 Å². The first-order valence-electron chi connectivity index (χ1n) is 7.30. The summed E-state index contributed by atoms with van der Waals surface area (Å²) < 4.78 is 11.4. The summed E-state index contributed by atoms with van der Waals surface area (Å²) in [7, 11) is 0. The predicted octanol–water partition coefficient (Wildman–Crippen LogP) is 2.45. The minimum Gasteiger partial charge on any atom is -0.458 e. The molecule has 1 saturated heterocycles. The summed E-state index contributed by atoms with van der Waals surface area (Å²) in [5, 5.41) is 0. The zero-order valence-corrected chi connectivity index (χ0v) is 11.9. The molecular weight excluding hydrogens is 244 g/mol. The van der Waals surface area contributed by atoms with Gasteiger partial charge >= 0.3 is 11.9 Å². The Morgan fingerprint density at radius 1 is 1.42 bits per heavy atom. The van der Waals surface area contributed by atoms with Crippen molar-refractivity contribution in [1.29, 1.82) is 0 Å². The van der Waals surface area contributed by atoms with Crippen LogP contribution >= 0.6 is 0 Å². The first-order chi connectivity index (χ1) is 8.86. The van der Waals surface area contributed by atoms with Crippen LogP contribution in [0.3, 0.4) is 0 Å². The minimum atomic E-state index is -0.523. The molecule has 3 fully saturated rings. The van der Waals surface area contributed by atoms with Crippen LogP contribution in [0.2, 0.25) is 0 Å². The van der Waals surface area contributed by atoms with Crippen molar-refractivity contribution in [2.24, 2.45) is 17.3 Å². The number of rotatable bonds is 3. The van der Waals surface area contributed by atoms with Gasteiger partial charge in [-0.3, -0.25) is 9.59 Å². The molecule has 2 aliphatic carbocycles. The zero-order valence-electron chi connectivity index (χ0n) is 11.9. The highest BCUT2D eigenvalue weighted by molar-refractivity contribution is 5.78. The fourth-order valence-corrected chi connectivity index (χ4v) is 3.71. The van der Waals surface area contributed by atoms with E-state index in [1.54, 1.807) is 0 Å². The van der Waals surface area contributed by atoms with Gasteiger partial charge in [-0.1, -0.05) is 6.92 Å². The Hall–Kier alpha value is -1.06. The van der Waals surface area contributed by atoms with Crippen LogP contribution in [-0.2, 0) is 19.1 Å². The third kappa shape index (κ3) is 1.87. The van der Waals surface area contributed by atoms with Gasteiger partial charge in [0.15, 0.2) is 0 Å². The summed E-state index contributed by atoms with van der Waals surface area (Å²) in [6.45, 7) is 5.81. The van der Waals surface area contributed by atoms with Crippen LogP contribution in [0.25, 0.3) is 0 Å². The van der Waals surface area contributed by atoms with E-state index < -0.39 is 11.0 Å². The molecule has 3 rings (SSSR count). The SMILES string of the molecule is CCC(C)(C)C(=O)OC12CC3CC(C1)C(=O)OC2C3. The summed E-state index contributed by atoms with van der Waals surface area (Å²) in [5.41, 5.74) is -0.988. The average Bonchev–Trinajstić information content (AvgIpc) is 2.51. The van der Waals surface area contributed by atoms with Crippen LogP contribution in [-0.4, -0.2) is 23.6 Å². The Bertz CT molecular complexity index is 428. The minimum absolute atomic E-state index is 0.0601. The normalized spacial score (nSPS) is 40.2. The summed E-state index contributed by atoms with van der Waals surface area (Å²) in [6.07, 6.45) is 3.85. The average molecular weight is 266 g/mol. The van der Waals surface area contributed by atoms with E-state index in [2.05, 4.69) is 0 Å².